The highest BCUT2D eigenvalue weighted by Crippen LogP contribution is 1.97. The van der Waals surface area contributed by atoms with Gasteiger partial charge in [-0.1, -0.05) is 0 Å². The third-order valence-corrected chi connectivity index (χ3v) is 1.73. The molecule has 86 valence electrons. The van der Waals surface area contributed by atoms with E-state index in [2.05, 4.69) is 5.32 Å². The van der Waals surface area contributed by atoms with E-state index in [0.717, 1.165) is 0 Å². The maximum Gasteiger partial charge on any atom is 0.322 e. The Morgan fingerprint density at radius 1 is 1.20 bits per heavy atom. The first-order chi connectivity index (χ1) is 6.93. The fraction of sp³-hybridized carbons (Fsp3) is 0.667. The van der Waals surface area contributed by atoms with Gasteiger partial charge in [-0.15, -0.1) is 0 Å². The van der Waals surface area contributed by atoms with Gasteiger partial charge in [0.1, 0.15) is 6.54 Å². The molecule has 0 aliphatic carbocycles. The quantitative estimate of drug-likeness (QED) is 0.623. The molecule has 6 heteroatoms. The highest BCUT2D eigenvalue weighted by molar-refractivity contribution is 5.81. The average Bonchev–Trinajstić information content (AvgIpc) is 2.14. The van der Waals surface area contributed by atoms with Crippen molar-refractivity contribution in [2.24, 2.45) is 0 Å². The molecule has 0 saturated heterocycles. The van der Waals surface area contributed by atoms with Crippen LogP contribution in [0.1, 0.15) is 19.3 Å². The second-order valence-electron chi connectivity index (χ2n) is 3.31. The van der Waals surface area contributed by atoms with Gasteiger partial charge in [0.25, 0.3) is 0 Å². The van der Waals surface area contributed by atoms with Gasteiger partial charge in [-0.25, -0.2) is 0 Å². The molecule has 6 nitrogen and oxygen atoms in total. The molecule has 0 fully saturated rings. The lowest BCUT2D eigenvalue weighted by Crippen LogP contribution is -2.29. The van der Waals surface area contributed by atoms with Gasteiger partial charge in [0.2, 0.25) is 11.8 Å². The van der Waals surface area contributed by atoms with Crippen molar-refractivity contribution in [1.29, 1.82) is 0 Å². The number of hydrogen-bond acceptors (Lipinski definition) is 3. The lowest BCUT2D eigenvalue weighted by Gasteiger charge is -2.09. The summed E-state index contributed by atoms with van der Waals surface area (Å²) in [6.07, 6.45) is 0.906. The molecule has 0 radical (unpaired) electrons. The molecule has 2 amide bonds. The van der Waals surface area contributed by atoms with Crippen LogP contribution in [0.2, 0.25) is 0 Å². The largest absolute Gasteiger partial charge is 0.480 e. The first kappa shape index (κ1) is 13.4. The number of carboxylic acids is 1. The number of carbonyl (C=O) groups excluding carboxylic acids is 2. The molecule has 0 saturated carbocycles. The Kier molecular flexibility index (Phi) is 6.08. The minimum atomic E-state index is -1.08. The molecule has 0 aliphatic heterocycles. The maximum atomic E-state index is 11.1. The molecule has 0 aromatic heterocycles. The number of rotatable bonds is 6. The van der Waals surface area contributed by atoms with Gasteiger partial charge >= 0.3 is 5.97 Å². The molecular weight excluding hydrogens is 200 g/mol. The summed E-state index contributed by atoms with van der Waals surface area (Å²) in [7, 11) is 3.29. The molecule has 0 rings (SSSR count). The van der Waals surface area contributed by atoms with Crippen LogP contribution in [0, 0.1) is 0 Å². The maximum absolute atomic E-state index is 11.1. The second kappa shape index (κ2) is 6.80. The van der Waals surface area contributed by atoms with Crippen molar-refractivity contribution in [3.8, 4) is 0 Å². The zero-order chi connectivity index (χ0) is 11.8. The van der Waals surface area contributed by atoms with Gasteiger partial charge in [-0.3, -0.25) is 14.4 Å². The zero-order valence-electron chi connectivity index (χ0n) is 8.95. The SMILES string of the molecule is CN(C)C(=O)CCCC(=O)NCC(=O)O. The summed E-state index contributed by atoms with van der Waals surface area (Å²) >= 11 is 0. The first-order valence-electron chi connectivity index (χ1n) is 4.62. The molecule has 0 spiro atoms. The van der Waals surface area contributed by atoms with Gasteiger partial charge in [0.05, 0.1) is 0 Å². The molecule has 2 N–H and O–H groups in total. The fourth-order valence-electron chi connectivity index (χ4n) is 0.886. The minimum absolute atomic E-state index is 0.0407. The van der Waals surface area contributed by atoms with Crippen LogP contribution >= 0.6 is 0 Å². The Labute approximate surface area is 88.2 Å². The van der Waals surface area contributed by atoms with E-state index in [1.54, 1.807) is 14.1 Å². The van der Waals surface area contributed by atoms with E-state index in [1.165, 1.54) is 4.90 Å². The van der Waals surface area contributed by atoms with Crippen molar-refractivity contribution >= 4 is 17.8 Å². The highest BCUT2D eigenvalue weighted by atomic mass is 16.4. The van der Waals surface area contributed by atoms with Crippen molar-refractivity contribution in [1.82, 2.24) is 10.2 Å². The molecule has 15 heavy (non-hydrogen) atoms. The fourth-order valence-corrected chi connectivity index (χ4v) is 0.886. The molecule has 0 heterocycles. The van der Waals surface area contributed by atoms with Crippen LogP contribution in [0.4, 0.5) is 0 Å². The van der Waals surface area contributed by atoms with E-state index in [0.29, 0.717) is 12.8 Å². The normalized spacial score (nSPS) is 9.47. The summed E-state index contributed by atoms with van der Waals surface area (Å²) in [4.78, 5) is 33.6. The minimum Gasteiger partial charge on any atom is -0.480 e. The Bertz CT molecular complexity index is 250. The number of aliphatic carboxylic acids is 1. The number of nitrogens with one attached hydrogen (secondary N) is 1. The average molecular weight is 216 g/mol. The van der Waals surface area contributed by atoms with Crippen molar-refractivity contribution in [2.75, 3.05) is 20.6 Å². The van der Waals surface area contributed by atoms with Crippen LogP contribution in [-0.2, 0) is 14.4 Å². The monoisotopic (exact) mass is 216 g/mol. The van der Waals surface area contributed by atoms with Crippen molar-refractivity contribution in [3.05, 3.63) is 0 Å². The predicted molar refractivity (Wildman–Crippen MR) is 53.2 cm³/mol. The molecule has 0 aromatic carbocycles. The van der Waals surface area contributed by atoms with Crippen molar-refractivity contribution in [2.45, 2.75) is 19.3 Å². The van der Waals surface area contributed by atoms with Crippen LogP contribution in [-0.4, -0.2) is 48.4 Å². The molecule has 0 unspecified atom stereocenters. The predicted octanol–water partition coefficient (Wildman–Crippen LogP) is -0.554. The molecular formula is C9H16N2O4. The molecule has 0 aromatic rings. The number of hydrogen-bond donors (Lipinski definition) is 2. The number of carbonyl (C=O) groups is 3. The number of carboxylic acid groups (broad SMARTS) is 1. The Morgan fingerprint density at radius 3 is 2.27 bits per heavy atom. The van der Waals surface area contributed by atoms with Crippen molar-refractivity contribution < 1.29 is 19.5 Å². The van der Waals surface area contributed by atoms with Crippen LogP contribution in [0.15, 0.2) is 0 Å². The third-order valence-electron chi connectivity index (χ3n) is 1.73. The summed E-state index contributed by atoms with van der Waals surface area (Å²) in [5.41, 5.74) is 0. The second-order valence-corrected chi connectivity index (χ2v) is 3.31. The standard InChI is InChI=1S/C9H16N2O4/c1-11(2)8(13)5-3-4-7(12)10-6-9(14)15/h3-6H2,1-2H3,(H,10,12)(H,14,15). The summed E-state index contributed by atoms with van der Waals surface area (Å²) in [5.74, 6) is -1.46. The Hall–Kier alpha value is -1.59. The zero-order valence-corrected chi connectivity index (χ0v) is 8.95. The van der Waals surface area contributed by atoms with Gasteiger partial charge in [-0.2, -0.15) is 0 Å². The Balaban J connectivity index is 3.55. The summed E-state index contributed by atoms with van der Waals surface area (Å²) in [6, 6.07) is 0. The van der Waals surface area contributed by atoms with Crippen LogP contribution in [0.5, 0.6) is 0 Å². The molecule has 0 bridgehead atoms. The summed E-state index contributed by atoms with van der Waals surface area (Å²) in [6.45, 7) is -0.375. The van der Waals surface area contributed by atoms with Crippen LogP contribution in [0.25, 0.3) is 0 Å². The summed E-state index contributed by atoms with van der Waals surface area (Å²) < 4.78 is 0. The molecule has 0 atom stereocenters. The van der Waals surface area contributed by atoms with Crippen molar-refractivity contribution in [3.63, 3.8) is 0 Å². The van der Waals surface area contributed by atoms with Gasteiger partial charge in [0.15, 0.2) is 0 Å². The lowest BCUT2D eigenvalue weighted by atomic mass is 10.2. The third kappa shape index (κ3) is 7.48. The van der Waals surface area contributed by atoms with Crippen LogP contribution in [0.3, 0.4) is 0 Å². The first-order valence-corrected chi connectivity index (χ1v) is 4.62. The number of nitrogens with zero attached hydrogens (tertiary/aromatic N) is 1. The lowest BCUT2D eigenvalue weighted by molar-refractivity contribution is -0.138. The van der Waals surface area contributed by atoms with E-state index < -0.39 is 5.97 Å². The van der Waals surface area contributed by atoms with Gasteiger partial charge in [0, 0.05) is 26.9 Å². The summed E-state index contributed by atoms with van der Waals surface area (Å²) in [5, 5.41) is 10.5. The smallest absolute Gasteiger partial charge is 0.322 e. The van der Waals surface area contributed by atoms with Gasteiger partial charge < -0.3 is 15.3 Å². The molecule has 0 aliphatic rings. The Morgan fingerprint density at radius 2 is 1.80 bits per heavy atom. The topological polar surface area (TPSA) is 86.7 Å². The van der Waals surface area contributed by atoms with Gasteiger partial charge in [-0.05, 0) is 6.42 Å². The van der Waals surface area contributed by atoms with E-state index in [9.17, 15) is 14.4 Å². The highest BCUT2D eigenvalue weighted by Gasteiger charge is 2.07. The van der Waals surface area contributed by atoms with E-state index in [1.807, 2.05) is 0 Å². The number of amides is 2. The van der Waals surface area contributed by atoms with Crippen LogP contribution < -0.4 is 5.32 Å². The van der Waals surface area contributed by atoms with E-state index >= 15 is 0 Å². The van der Waals surface area contributed by atoms with E-state index in [4.69, 9.17) is 5.11 Å². The van der Waals surface area contributed by atoms with E-state index in [-0.39, 0.29) is 24.8 Å².